The molecule has 0 aliphatic carbocycles. The number of hydrogen-bond donors (Lipinski definition) is 3. The van der Waals surface area contributed by atoms with Gasteiger partial charge in [-0.2, -0.15) is 0 Å². The van der Waals surface area contributed by atoms with Crippen molar-refractivity contribution in [1.82, 2.24) is 10.6 Å². The van der Waals surface area contributed by atoms with Crippen molar-refractivity contribution in [3.63, 3.8) is 0 Å². The van der Waals surface area contributed by atoms with Gasteiger partial charge in [0.15, 0.2) is 6.54 Å². The number of aliphatic hydroxyl groups is 1. The van der Waals surface area contributed by atoms with E-state index in [4.69, 9.17) is 5.11 Å². The Bertz CT molecular complexity index is 545. The zero-order chi connectivity index (χ0) is 24.6. The molecule has 192 valence electrons. The summed E-state index contributed by atoms with van der Waals surface area (Å²) in [5.74, 6) is 0.0751. The van der Waals surface area contributed by atoms with Gasteiger partial charge in [0.2, 0.25) is 5.91 Å². The van der Waals surface area contributed by atoms with Gasteiger partial charge in [0, 0.05) is 25.9 Å². The summed E-state index contributed by atoms with van der Waals surface area (Å²) in [5, 5.41) is 14.4. The standard InChI is InChI=1S/C27H51N3O3/c1-4-5-6-7-8-9-10-11-12-13-14-15-16-17-18-20-26(32)28-21-19-23-30(2,3)25-27(33)29-22-24-31/h8-9,11-12,31H,4-7,10,13-25H2,1-3H3,(H-,28,29,32,33)/p+1/b9-8-,12-11-. The molecule has 0 aromatic rings. The molecule has 3 N–H and O–H groups in total. The molecule has 0 saturated heterocycles. The van der Waals surface area contributed by atoms with Crippen LogP contribution >= 0.6 is 0 Å². The highest BCUT2D eigenvalue weighted by Crippen LogP contribution is 2.08. The minimum absolute atomic E-state index is 0.0418. The summed E-state index contributed by atoms with van der Waals surface area (Å²) in [5.41, 5.74) is 0. The highest BCUT2D eigenvalue weighted by Gasteiger charge is 2.19. The number of amides is 2. The molecule has 0 aliphatic rings. The molecular formula is C27H52N3O3+. The fourth-order valence-corrected chi connectivity index (χ4v) is 3.64. The summed E-state index contributed by atoms with van der Waals surface area (Å²) in [6, 6.07) is 0. The second-order valence-corrected chi connectivity index (χ2v) is 9.58. The van der Waals surface area contributed by atoms with Crippen molar-refractivity contribution in [2.75, 3.05) is 46.9 Å². The molecule has 0 fully saturated rings. The van der Waals surface area contributed by atoms with E-state index in [1.165, 1.54) is 44.9 Å². The maximum Gasteiger partial charge on any atom is 0.275 e. The number of rotatable bonds is 22. The normalized spacial score (nSPS) is 12.0. The first-order valence-electron chi connectivity index (χ1n) is 13.2. The lowest BCUT2D eigenvalue weighted by molar-refractivity contribution is -0.882. The van der Waals surface area contributed by atoms with Crippen molar-refractivity contribution in [2.24, 2.45) is 0 Å². The summed E-state index contributed by atoms with van der Waals surface area (Å²) >= 11 is 0. The van der Waals surface area contributed by atoms with Gasteiger partial charge in [0.05, 0.1) is 27.2 Å². The Labute approximate surface area is 203 Å². The fraction of sp³-hybridized carbons (Fsp3) is 0.778. The Hall–Kier alpha value is -1.66. The fourth-order valence-electron chi connectivity index (χ4n) is 3.64. The van der Waals surface area contributed by atoms with Crippen LogP contribution in [0.3, 0.4) is 0 Å². The maximum absolute atomic E-state index is 12.0. The molecule has 0 saturated carbocycles. The maximum atomic E-state index is 12.0. The first kappa shape index (κ1) is 31.3. The predicted molar refractivity (Wildman–Crippen MR) is 139 cm³/mol. The van der Waals surface area contributed by atoms with E-state index in [2.05, 4.69) is 41.9 Å². The van der Waals surface area contributed by atoms with Crippen molar-refractivity contribution in [3.05, 3.63) is 24.3 Å². The zero-order valence-corrected chi connectivity index (χ0v) is 21.7. The number of unbranched alkanes of at least 4 members (excludes halogenated alkanes) is 8. The average molecular weight is 467 g/mol. The topological polar surface area (TPSA) is 78.4 Å². The minimum atomic E-state index is -0.0561. The second kappa shape index (κ2) is 22.1. The first-order valence-corrected chi connectivity index (χ1v) is 13.2. The van der Waals surface area contributed by atoms with Crippen LogP contribution in [0, 0.1) is 0 Å². The Morgan fingerprint density at radius 2 is 1.36 bits per heavy atom. The summed E-state index contributed by atoms with van der Waals surface area (Å²) in [6.45, 7) is 4.33. The lowest BCUT2D eigenvalue weighted by Gasteiger charge is -2.29. The van der Waals surface area contributed by atoms with Crippen LogP contribution in [-0.4, -0.2) is 68.3 Å². The van der Waals surface area contributed by atoms with Gasteiger partial charge < -0.3 is 20.2 Å². The van der Waals surface area contributed by atoms with E-state index in [0.717, 1.165) is 38.6 Å². The second-order valence-electron chi connectivity index (χ2n) is 9.58. The number of likely N-dealkylation sites (N-methyl/N-ethyl adjacent to an activating group) is 1. The third-order valence-electron chi connectivity index (χ3n) is 5.62. The number of nitrogens with zero attached hydrogens (tertiary/aromatic N) is 1. The number of allylic oxidation sites excluding steroid dienone is 4. The van der Waals surface area contributed by atoms with Gasteiger partial charge in [-0.15, -0.1) is 0 Å². The Morgan fingerprint density at radius 3 is 2.03 bits per heavy atom. The molecule has 0 aromatic heterocycles. The van der Waals surface area contributed by atoms with E-state index in [0.29, 0.717) is 30.5 Å². The number of carbonyl (C=O) groups excluding carboxylic acids is 2. The van der Waals surface area contributed by atoms with Gasteiger partial charge in [0.1, 0.15) is 0 Å². The number of nitrogens with one attached hydrogen (secondary N) is 2. The monoisotopic (exact) mass is 466 g/mol. The minimum Gasteiger partial charge on any atom is -0.395 e. The van der Waals surface area contributed by atoms with Crippen molar-refractivity contribution < 1.29 is 19.2 Å². The number of quaternary nitrogens is 1. The van der Waals surface area contributed by atoms with E-state index >= 15 is 0 Å². The molecule has 2 amide bonds. The number of aliphatic hydroxyl groups excluding tert-OH is 1. The largest absolute Gasteiger partial charge is 0.395 e. The zero-order valence-electron chi connectivity index (χ0n) is 21.7. The molecule has 0 spiro atoms. The van der Waals surface area contributed by atoms with E-state index in [1.807, 2.05) is 14.1 Å². The predicted octanol–water partition coefficient (Wildman–Crippen LogP) is 4.49. The van der Waals surface area contributed by atoms with E-state index in [-0.39, 0.29) is 18.4 Å². The molecule has 0 aromatic carbocycles. The van der Waals surface area contributed by atoms with Crippen molar-refractivity contribution in [1.29, 1.82) is 0 Å². The van der Waals surface area contributed by atoms with E-state index in [9.17, 15) is 9.59 Å². The van der Waals surface area contributed by atoms with Crippen LogP contribution in [-0.2, 0) is 9.59 Å². The lowest BCUT2D eigenvalue weighted by atomic mass is 10.1. The number of carbonyl (C=O) groups is 2. The highest BCUT2D eigenvalue weighted by molar-refractivity contribution is 5.77. The molecule has 33 heavy (non-hydrogen) atoms. The molecular weight excluding hydrogens is 414 g/mol. The summed E-state index contributed by atoms with van der Waals surface area (Å²) in [7, 11) is 4.01. The average Bonchev–Trinajstić information content (AvgIpc) is 2.77. The van der Waals surface area contributed by atoms with Gasteiger partial charge >= 0.3 is 0 Å². The quantitative estimate of drug-likeness (QED) is 0.125. The molecule has 0 radical (unpaired) electrons. The van der Waals surface area contributed by atoms with Crippen LogP contribution in [0.1, 0.15) is 90.4 Å². The molecule has 0 unspecified atom stereocenters. The van der Waals surface area contributed by atoms with Crippen LogP contribution in [0.2, 0.25) is 0 Å². The Balaban J connectivity index is 3.54. The van der Waals surface area contributed by atoms with E-state index < -0.39 is 0 Å². The van der Waals surface area contributed by atoms with Crippen molar-refractivity contribution in [2.45, 2.75) is 90.4 Å². The number of hydrogen-bond acceptors (Lipinski definition) is 3. The van der Waals surface area contributed by atoms with Gasteiger partial charge in [-0.25, -0.2) is 0 Å². The van der Waals surface area contributed by atoms with Crippen LogP contribution in [0.15, 0.2) is 24.3 Å². The Morgan fingerprint density at radius 1 is 0.758 bits per heavy atom. The molecule has 0 aliphatic heterocycles. The molecule has 6 heteroatoms. The van der Waals surface area contributed by atoms with Crippen molar-refractivity contribution in [3.8, 4) is 0 Å². The van der Waals surface area contributed by atoms with Gasteiger partial charge in [-0.3, -0.25) is 9.59 Å². The molecule has 0 bridgehead atoms. The lowest BCUT2D eigenvalue weighted by Crippen LogP contribution is -2.49. The van der Waals surface area contributed by atoms with Crippen LogP contribution in [0.5, 0.6) is 0 Å². The van der Waals surface area contributed by atoms with Crippen LogP contribution < -0.4 is 10.6 Å². The van der Waals surface area contributed by atoms with Gasteiger partial charge in [-0.05, 0) is 38.5 Å². The molecule has 0 atom stereocenters. The molecule has 6 nitrogen and oxygen atoms in total. The van der Waals surface area contributed by atoms with Crippen LogP contribution in [0.4, 0.5) is 0 Å². The van der Waals surface area contributed by atoms with Crippen LogP contribution in [0.25, 0.3) is 0 Å². The summed E-state index contributed by atoms with van der Waals surface area (Å²) in [4.78, 5) is 23.7. The van der Waals surface area contributed by atoms with E-state index in [1.54, 1.807) is 0 Å². The highest BCUT2D eigenvalue weighted by atomic mass is 16.3. The molecule has 0 heterocycles. The smallest absolute Gasteiger partial charge is 0.275 e. The first-order chi connectivity index (χ1) is 15.9. The summed E-state index contributed by atoms with van der Waals surface area (Å²) in [6.07, 6.45) is 23.7. The summed E-state index contributed by atoms with van der Waals surface area (Å²) < 4.78 is 0.568. The Kier molecular flexibility index (Phi) is 21.0. The van der Waals surface area contributed by atoms with Crippen molar-refractivity contribution >= 4 is 11.8 Å². The SMILES string of the molecule is CCCCC/C=C\C/C=C\CCCCCCCC(=O)NCCC[N+](C)(C)CC(=O)NCCO. The molecule has 0 rings (SSSR count). The van der Waals surface area contributed by atoms with Gasteiger partial charge in [0.25, 0.3) is 5.91 Å². The van der Waals surface area contributed by atoms with Gasteiger partial charge in [-0.1, -0.05) is 63.3 Å². The third kappa shape index (κ3) is 23.3. The third-order valence-corrected chi connectivity index (χ3v) is 5.62.